The summed E-state index contributed by atoms with van der Waals surface area (Å²) in [5.74, 6) is -3.65. The molecule has 1 heterocycles. The van der Waals surface area contributed by atoms with E-state index in [4.69, 9.17) is 16.3 Å². The molecule has 2 aromatic carbocycles. The quantitative estimate of drug-likeness (QED) is 0.560. The van der Waals surface area contributed by atoms with Crippen molar-refractivity contribution in [2.75, 3.05) is 19.7 Å². The van der Waals surface area contributed by atoms with Crippen LogP contribution in [-0.4, -0.2) is 59.2 Å². The van der Waals surface area contributed by atoms with Crippen molar-refractivity contribution in [2.45, 2.75) is 44.8 Å². The maximum Gasteiger partial charge on any atom is 0.471 e. The molecule has 0 aromatic heterocycles. The van der Waals surface area contributed by atoms with Gasteiger partial charge in [-0.3, -0.25) is 9.59 Å². The van der Waals surface area contributed by atoms with Gasteiger partial charge in [-0.2, -0.15) is 13.2 Å². The van der Waals surface area contributed by atoms with E-state index in [1.54, 1.807) is 31.2 Å². The number of carbonyl (C=O) groups is 3. The van der Waals surface area contributed by atoms with E-state index in [0.717, 1.165) is 4.90 Å². The van der Waals surface area contributed by atoms with E-state index in [1.165, 1.54) is 13.0 Å². The molecule has 35 heavy (non-hydrogen) atoms. The monoisotopic (exact) mass is 514 g/mol. The van der Waals surface area contributed by atoms with Gasteiger partial charge in [0.1, 0.15) is 11.3 Å². The first-order chi connectivity index (χ1) is 16.4. The van der Waals surface area contributed by atoms with E-state index in [2.05, 4.69) is 5.32 Å². The molecule has 0 bridgehead atoms. The van der Waals surface area contributed by atoms with Crippen LogP contribution in [0.2, 0.25) is 5.02 Å². The number of rotatable bonds is 7. The molecule has 11 heteroatoms. The first-order valence-corrected chi connectivity index (χ1v) is 11.5. The number of carbonyl (C=O) groups excluding carboxylic acids is 2. The summed E-state index contributed by atoms with van der Waals surface area (Å²) in [6, 6.07) is 8.39. The molecule has 1 saturated heterocycles. The maximum absolute atomic E-state index is 13.1. The Morgan fingerprint density at radius 3 is 2.31 bits per heavy atom. The molecule has 7 nitrogen and oxygen atoms in total. The van der Waals surface area contributed by atoms with Crippen LogP contribution in [0.5, 0.6) is 5.75 Å². The third-order valence-electron chi connectivity index (χ3n) is 6.37. The highest BCUT2D eigenvalue weighted by atomic mass is 35.5. The van der Waals surface area contributed by atoms with Crippen molar-refractivity contribution in [3.05, 3.63) is 40.9 Å². The lowest BCUT2D eigenvalue weighted by Gasteiger charge is -2.32. The number of hydrogen-bond donors (Lipinski definition) is 2. The summed E-state index contributed by atoms with van der Waals surface area (Å²) < 4.78 is 44.1. The lowest BCUT2D eigenvalue weighted by Crippen LogP contribution is -2.51. The smallest absolute Gasteiger partial charge is 0.471 e. The predicted octanol–water partition coefficient (Wildman–Crippen LogP) is 4.66. The minimum Gasteiger partial charge on any atom is -0.492 e. The summed E-state index contributed by atoms with van der Waals surface area (Å²) in [6.45, 7) is 3.04. The number of hydrogen-bond acceptors (Lipinski definition) is 4. The lowest BCUT2D eigenvalue weighted by molar-refractivity contribution is -0.186. The van der Waals surface area contributed by atoms with E-state index in [0.29, 0.717) is 23.6 Å². The Kier molecular flexibility index (Phi) is 7.83. The molecular formula is C24H26ClF3N2O5. The largest absolute Gasteiger partial charge is 0.492 e. The number of ether oxygens (including phenoxy) is 1. The second kappa shape index (κ2) is 10.3. The van der Waals surface area contributed by atoms with Crippen LogP contribution in [0, 0.1) is 5.92 Å². The predicted molar refractivity (Wildman–Crippen MR) is 124 cm³/mol. The van der Waals surface area contributed by atoms with E-state index in [-0.39, 0.29) is 48.4 Å². The van der Waals surface area contributed by atoms with Gasteiger partial charge in [0, 0.05) is 28.9 Å². The van der Waals surface area contributed by atoms with Crippen molar-refractivity contribution in [2.24, 2.45) is 5.92 Å². The number of likely N-dealkylation sites (tertiary alicyclic amines) is 1. The highest BCUT2D eigenvalue weighted by Crippen LogP contribution is 2.36. The number of nitrogens with zero attached hydrogens (tertiary/aromatic N) is 1. The van der Waals surface area contributed by atoms with Crippen LogP contribution in [0.4, 0.5) is 13.2 Å². The highest BCUT2D eigenvalue weighted by molar-refractivity contribution is 6.36. The van der Waals surface area contributed by atoms with Crippen molar-refractivity contribution in [1.82, 2.24) is 10.2 Å². The number of alkyl halides is 3. The van der Waals surface area contributed by atoms with E-state index >= 15 is 0 Å². The van der Waals surface area contributed by atoms with Gasteiger partial charge in [-0.05, 0) is 38.2 Å². The molecule has 3 rings (SSSR count). The van der Waals surface area contributed by atoms with Crippen molar-refractivity contribution in [3.63, 3.8) is 0 Å². The molecule has 2 N–H and O–H groups in total. The summed E-state index contributed by atoms with van der Waals surface area (Å²) in [6.07, 6.45) is -4.15. The Morgan fingerprint density at radius 2 is 1.77 bits per heavy atom. The third-order valence-corrected chi connectivity index (χ3v) is 6.68. The average Bonchev–Trinajstić information content (AvgIpc) is 2.82. The van der Waals surface area contributed by atoms with E-state index < -0.39 is 29.5 Å². The lowest BCUT2D eigenvalue weighted by atomic mass is 9.97. The van der Waals surface area contributed by atoms with Gasteiger partial charge in [0.25, 0.3) is 5.91 Å². The topological polar surface area (TPSA) is 95.9 Å². The van der Waals surface area contributed by atoms with Crippen LogP contribution in [-0.2, 0) is 9.59 Å². The van der Waals surface area contributed by atoms with Gasteiger partial charge in [0.2, 0.25) is 0 Å². The molecule has 1 fully saturated rings. The number of benzene rings is 2. The molecule has 0 radical (unpaired) electrons. The molecule has 2 aromatic rings. The number of halogens is 4. The number of amides is 2. The zero-order valence-electron chi connectivity index (χ0n) is 19.2. The van der Waals surface area contributed by atoms with Crippen molar-refractivity contribution in [3.8, 4) is 5.75 Å². The summed E-state index contributed by atoms with van der Waals surface area (Å²) in [5, 5.41) is 13.5. The molecule has 190 valence electrons. The fourth-order valence-corrected chi connectivity index (χ4v) is 4.20. The average molecular weight is 515 g/mol. The standard InChI is InChI=1S/C24H26ClF3N2O5/c1-3-23(2,22(33)34)29-20(31)17-12-18(25)15-6-4-5-7-16(15)19(17)35-13-14-8-10-30(11-9-14)21(32)24(26,27)28/h4-7,12,14H,3,8-11,13H2,1-2H3,(H,29,31)(H,33,34). The van der Waals surface area contributed by atoms with Crippen molar-refractivity contribution in [1.29, 1.82) is 0 Å². The van der Waals surface area contributed by atoms with Crippen molar-refractivity contribution < 1.29 is 37.4 Å². The molecule has 1 atom stereocenters. The van der Waals surface area contributed by atoms with Gasteiger partial charge < -0.3 is 20.1 Å². The Hall–Kier alpha value is -3.01. The summed E-state index contributed by atoms with van der Waals surface area (Å²) in [5.41, 5.74) is -1.45. The van der Waals surface area contributed by atoms with Gasteiger partial charge in [-0.1, -0.05) is 42.8 Å². The minimum absolute atomic E-state index is 0.0471. The number of piperidine rings is 1. The SMILES string of the molecule is CCC(C)(NC(=O)c1cc(Cl)c2ccccc2c1OCC1CCN(C(=O)C(F)(F)F)CC1)C(=O)O. The summed E-state index contributed by atoms with van der Waals surface area (Å²) in [7, 11) is 0. The zero-order chi connectivity index (χ0) is 26.0. The number of carboxylic acids is 1. The Morgan fingerprint density at radius 1 is 1.17 bits per heavy atom. The van der Waals surface area contributed by atoms with E-state index in [1.807, 2.05) is 0 Å². The molecule has 0 aliphatic carbocycles. The van der Waals surface area contributed by atoms with Gasteiger partial charge in [-0.25, -0.2) is 4.79 Å². The van der Waals surface area contributed by atoms with Crippen LogP contribution >= 0.6 is 11.6 Å². The second-order valence-electron chi connectivity index (χ2n) is 8.77. The van der Waals surface area contributed by atoms with Crippen molar-refractivity contribution >= 4 is 40.2 Å². The molecule has 0 saturated carbocycles. The Labute approximate surface area is 205 Å². The fraction of sp³-hybridized carbons (Fsp3) is 0.458. The Bertz CT molecular complexity index is 1130. The maximum atomic E-state index is 13.1. The van der Waals surface area contributed by atoms with Gasteiger partial charge >= 0.3 is 18.1 Å². The number of carboxylic acid groups (broad SMARTS) is 1. The van der Waals surface area contributed by atoms with Crippen LogP contribution in [0.1, 0.15) is 43.5 Å². The molecular weight excluding hydrogens is 489 g/mol. The number of nitrogens with one attached hydrogen (secondary N) is 1. The number of aliphatic carboxylic acids is 1. The normalized spacial score (nSPS) is 16.6. The molecule has 2 amide bonds. The molecule has 0 spiro atoms. The van der Waals surface area contributed by atoms with Crippen LogP contribution < -0.4 is 10.1 Å². The summed E-state index contributed by atoms with van der Waals surface area (Å²) >= 11 is 6.40. The number of fused-ring (bicyclic) bond motifs is 1. The van der Waals surface area contributed by atoms with Crippen LogP contribution in [0.3, 0.4) is 0 Å². The minimum atomic E-state index is -4.91. The first kappa shape index (κ1) is 26.6. The molecule has 1 aliphatic rings. The Balaban J connectivity index is 1.84. The van der Waals surface area contributed by atoms with Crippen LogP contribution in [0.15, 0.2) is 30.3 Å². The van der Waals surface area contributed by atoms with Gasteiger partial charge in [0.05, 0.1) is 12.2 Å². The van der Waals surface area contributed by atoms with Gasteiger partial charge in [0.15, 0.2) is 0 Å². The summed E-state index contributed by atoms with van der Waals surface area (Å²) in [4.78, 5) is 37.1. The first-order valence-electron chi connectivity index (χ1n) is 11.1. The zero-order valence-corrected chi connectivity index (χ0v) is 20.0. The molecule has 1 unspecified atom stereocenters. The fourth-order valence-electron chi connectivity index (χ4n) is 3.92. The van der Waals surface area contributed by atoms with Crippen LogP contribution in [0.25, 0.3) is 10.8 Å². The third kappa shape index (κ3) is 5.80. The van der Waals surface area contributed by atoms with Gasteiger partial charge in [-0.15, -0.1) is 0 Å². The van der Waals surface area contributed by atoms with E-state index in [9.17, 15) is 32.7 Å². The highest BCUT2D eigenvalue weighted by Gasteiger charge is 2.43. The second-order valence-corrected chi connectivity index (χ2v) is 9.18. The molecule has 1 aliphatic heterocycles.